The third-order valence-corrected chi connectivity index (χ3v) is 4.73. The van der Waals surface area contributed by atoms with Gasteiger partial charge in [-0.1, -0.05) is 12.1 Å². The van der Waals surface area contributed by atoms with Crippen molar-refractivity contribution >= 4 is 34.0 Å². The van der Waals surface area contributed by atoms with Crippen LogP contribution in [0.15, 0.2) is 41.3 Å². The lowest BCUT2D eigenvalue weighted by atomic mass is 10.1. The van der Waals surface area contributed by atoms with Gasteiger partial charge in [0.1, 0.15) is 10.5 Å². The molecule has 11 nitrogen and oxygen atoms in total. The Kier molecular flexibility index (Phi) is 5.36. The van der Waals surface area contributed by atoms with Crippen molar-refractivity contribution in [3.63, 3.8) is 0 Å². The van der Waals surface area contributed by atoms with Crippen molar-refractivity contribution in [3.05, 3.63) is 58.7 Å². The number of carboxylic acid groups (broad SMARTS) is 4. The first kappa shape index (κ1) is 20.4. The van der Waals surface area contributed by atoms with Gasteiger partial charge in [0.15, 0.2) is 5.75 Å². The van der Waals surface area contributed by atoms with Crippen molar-refractivity contribution in [1.29, 1.82) is 0 Å². The smallest absolute Gasteiger partial charge is 0.340 e. The number of carboxylic acids is 4. The molecule has 0 spiro atoms. The Morgan fingerprint density at radius 1 is 0.679 bits per heavy atom. The fourth-order valence-corrected chi connectivity index (χ4v) is 3.61. The highest BCUT2D eigenvalue weighted by Gasteiger charge is 2.32. The molecule has 0 amide bonds. The summed E-state index contributed by atoms with van der Waals surface area (Å²) in [5.41, 5.74) is -3.65. The molecule has 2 aromatic carbocycles. The predicted molar refractivity (Wildman–Crippen MR) is 88.5 cm³/mol. The predicted octanol–water partition coefficient (Wildman–Crippen LogP) is 1.25. The molecule has 2 rings (SSSR count). The van der Waals surface area contributed by atoms with E-state index in [1.165, 1.54) is 0 Å². The Balaban J connectivity index is 2.75. The maximum atomic E-state index is 12.6. The fraction of sp³-hybridized carbons (Fsp3) is 0. The van der Waals surface area contributed by atoms with Crippen molar-refractivity contribution in [1.82, 2.24) is 0 Å². The Morgan fingerprint density at radius 3 is 1.54 bits per heavy atom. The molecule has 0 aliphatic heterocycles. The minimum atomic E-state index is -5.18. The average molecular weight is 410 g/mol. The van der Waals surface area contributed by atoms with E-state index in [0.29, 0.717) is 0 Å². The highest BCUT2D eigenvalue weighted by molar-refractivity contribution is 7.87. The Morgan fingerprint density at radius 2 is 1.11 bits per heavy atom. The lowest BCUT2D eigenvalue weighted by Crippen LogP contribution is -2.20. The molecule has 0 saturated carbocycles. The second-order valence-corrected chi connectivity index (χ2v) is 6.60. The van der Waals surface area contributed by atoms with E-state index < -0.39 is 66.9 Å². The molecule has 2 aromatic rings. The summed E-state index contributed by atoms with van der Waals surface area (Å²) in [5.74, 6) is -7.99. The molecule has 0 radical (unpaired) electrons. The van der Waals surface area contributed by atoms with Gasteiger partial charge in [-0.2, -0.15) is 8.42 Å². The van der Waals surface area contributed by atoms with E-state index in [4.69, 9.17) is 5.11 Å². The molecular weight excluding hydrogens is 400 g/mol. The lowest BCUT2D eigenvalue weighted by molar-refractivity contribution is 0.0649. The van der Waals surface area contributed by atoms with Crippen LogP contribution in [0.4, 0.5) is 0 Å². The molecule has 146 valence electrons. The van der Waals surface area contributed by atoms with Crippen LogP contribution in [-0.2, 0) is 10.1 Å². The summed E-state index contributed by atoms with van der Waals surface area (Å²) >= 11 is 0. The van der Waals surface area contributed by atoms with E-state index in [0.717, 1.165) is 36.4 Å². The second-order valence-electron chi connectivity index (χ2n) is 5.12. The molecule has 0 fully saturated rings. The molecule has 0 aliphatic rings. The van der Waals surface area contributed by atoms with Crippen LogP contribution >= 0.6 is 0 Å². The van der Waals surface area contributed by atoms with Crippen molar-refractivity contribution in [3.8, 4) is 5.75 Å². The number of carbonyl (C=O) groups is 4. The van der Waals surface area contributed by atoms with Gasteiger partial charge in [0.05, 0.1) is 16.7 Å². The van der Waals surface area contributed by atoms with E-state index in [2.05, 4.69) is 4.18 Å². The molecular formula is C16H10O11S. The lowest BCUT2D eigenvalue weighted by Gasteiger charge is -2.14. The summed E-state index contributed by atoms with van der Waals surface area (Å²) in [4.78, 5) is 44.0. The standard InChI is InChI=1S/C16H10O11S/c17-13(18)7-3-2-6-10(11(7)16(23)24)27-28(25,26)12-8(14(19)20)4-1-5-9(12)15(21)22/h1-6H,(H,17,18)(H,19,20)(H,21,22)(H,23,24). The third-order valence-electron chi connectivity index (χ3n) is 3.40. The summed E-state index contributed by atoms with van der Waals surface area (Å²) in [7, 11) is -5.18. The highest BCUT2D eigenvalue weighted by Crippen LogP contribution is 2.29. The van der Waals surface area contributed by atoms with Gasteiger partial charge < -0.3 is 24.6 Å². The molecule has 0 aliphatic carbocycles. The first-order valence-electron chi connectivity index (χ1n) is 7.11. The van der Waals surface area contributed by atoms with Gasteiger partial charge in [0, 0.05) is 0 Å². The van der Waals surface area contributed by atoms with Crippen LogP contribution in [0.5, 0.6) is 5.75 Å². The Bertz CT molecular complexity index is 1080. The van der Waals surface area contributed by atoms with Gasteiger partial charge in [-0.15, -0.1) is 0 Å². The first-order chi connectivity index (χ1) is 13.0. The molecule has 0 unspecified atom stereocenters. The van der Waals surface area contributed by atoms with E-state index in [9.17, 15) is 42.9 Å². The summed E-state index contributed by atoms with van der Waals surface area (Å²) in [5, 5.41) is 36.6. The minimum Gasteiger partial charge on any atom is -0.478 e. The maximum Gasteiger partial charge on any atom is 0.340 e. The number of aromatic carboxylic acids is 4. The SMILES string of the molecule is O=C(O)c1cccc(OS(=O)(=O)c2c(C(=O)O)cccc2C(=O)O)c1C(=O)O. The fourth-order valence-electron chi connectivity index (χ4n) is 2.30. The maximum absolute atomic E-state index is 12.6. The summed E-state index contributed by atoms with van der Waals surface area (Å²) in [6, 6.07) is 5.35. The van der Waals surface area contributed by atoms with Gasteiger partial charge in [-0.25, -0.2) is 19.2 Å². The zero-order valence-electron chi connectivity index (χ0n) is 13.5. The average Bonchev–Trinajstić information content (AvgIpc) is 2.60. The van der Waals surface area contributed by atoms with Crippen LogP contribution in [0.1, 0.15) is 41.4 Å². The van der Waals surface area contributed by atoms with E-state index in [1.807, 2.05) is 0 Å². The quantitative estimate of drug-likeness (QED) is 0.480. The summed E-state index contributed by atoms with van der Waals surface area (Å²) in [6.45, 7) is 0. The van der Waals surface area contributed by atoms with E-state index >= 15 is 0 Å². The minimum absolute atomic E-state index is 0.787. The molecule has 0 atom stereocenters. The molecule has 4 N–H and O–H groups in total. The topological polar surface area (TPSA) is 193 Å². The second kappa shape index (κ2) is 7.36. The Labute approximate surface area is 156 Å². The van der Waals surface area contributed by atoms with Gasteiger partial charge in [-0.05, 0) is 24.3 Å². The van der Waals surface area contributed by atoms with Crippen molar-refractivity contribution in [2.75, 3.05) is 0 Å². The van der Waals surface area contributed by atoms with Gasteiger partial charge in [-0.3, -0.25) is 0 Å². The summed E-state index contributed by atoms with van der Waals surface area (Å²) in [6.07, 6.45) is 0. The summed E-state index contributed by atoms with van der Waals surface area (Å²) < 4.78 is 29.9. The number of hydrogen-bond acceptors (Lipinski definition) is 7. The molecule has 0 bridgehead atoms. The number of rotatable bonds is 7. The van der Waals surface area contributed by atoms with Crippen LogP contribution in [0, 0.1) is 0 Å². The number of benzene rings is 2. The van der Waals surface area contributed by atoms with Crippen molar-refractivity contribution in [2.24, 2.45) is 0 Å². The van der Waals surface area contributed by atoms with E-state index in [1.54, 1.807) is 0 Å². The molecule has 12 heteroatoms. The molecule has 0 saturated heterocycles. The normalized spacial score (nSPS) is 10.9. The van der Waals surface area contributed by atoms with Crippen LogP contribution in [-0.4, -0.2) is 52.7 Å². The zero-order valence-corrected chi connectivity index (χ0v) is 14.3. The molecule has 0 aromatic heterocycles. The number of hydrogen-bond donors (Lipinski definition) is 4. The first-order valence-corrected chi connectivity index (χ1v) is 8.52. The van der Waals surface area contributed by atoms with Gasteiger partial charge in [0.2, 0.25) is 0 Å². The monoisotopic (exact) mass is 410 g/mol. The van der Waals surface area contributed by atoms with Crippen LogP contribution in [0.25, 0.3) is 0 Å². The van der Waals surface area contributed by atoms with Crippen molar-refractivity contribution in [2.45, 2.75) is 4.90 Å². The van der Waals surface area contributed by atoms with Crippen LogP contribution in [0.2, 0.25) is 0 Å². The van der Waals surface area contributed by atoms with Crippen LogP contribution < -0.4 is 4.18 Å². The highest BCUT2D eigenvalue weighted by atomic mass is 32.2. The zero-order chi connectivity index (χ0) is 21.2. The Hall–Kier alpha value is -3.93. The van der Waals surface area contributed by atoms with Crippen LogP contribution in [0.3, 0.4) is 0 Å². The van der Waals surface area contributed by atoms with Crippen molar-refractivity contribution < 1.29 is 52.2 Å². The van der Waals surface area contributed by atoms with Gasteiger partial charge in [0.25, 0.3) is 0 Å². The molecule has 0 heterocycles. The largest absolute Gasteiger partial charge is 0.478 e. The van der Waals surface area contributed by atoms with Gasteiger partial charge >= 0.3 is 34.0 Å². The third kappa shape index (κ3) is 3.76. The van der Waals surface area contributed by atoms with E-state index in [-0.39, 0.29) is 0 Å². The molecule has 28 heavy (non-hydrogen) atoms.